The van der Waals surface area contributed by atoms with Crippen LogP contribution in [0.3, 0.4) is 0 Å². The zero-order valence-electron chi connectivity index (χ0n) is 12.9. The van der Waals surface area contributed by atoms with E-state index in [0.717, 1.165) is 0 Å². The van der Waals surface area contributed by atoms with Crippen LogP contribution in [-0.2, 0) is 14.2 Å². The fourth-order valence-electron chi connectivity index (χ4n) is 2.95. The number of ether oxygens (including phenoxy) is 3. The summed E-state index contributed by atoms with van der Waals surface area (Å²) in [4.78, 5) is 0. The normalized spacial score (nSPS) is 51.4. The third kappa shape index (κ3) is 3.43. The molecule has 11 nitrogen and oxygen atoms in total. The minimum Gasteiger partial charge on any atom is -0.394 e. The van der Waals surface area contributed by atoms with Crippen molar-refractivity contribution in [1.82, 2.24) is 0 Å². The van der Waals surface area contributed by atoms with E-state index in [1.165, 1.54) is 7.11 Å². The second-order valence-corrected chi connectivity index (χ2v) is 5.96. The van der Waals surface area contributed by atoms with Crippen LogP contribution >= 0.6 is 0 Å². The summed E-state index contributed by atoms with van der Waals surface area (Å²) in [6, 6.07) is 0. The van der Waals surface area contributed by atoms with E-state index in [1.54, 1.807) is 0 Å². The lowest BCUT2D eigenvalue weighted by Crippen LogP contribution is -2.67. The number of aliphatic hydroxyl groups is 8. The second-order valence-electron chi connectivity index (χ2n) is 5.96. The average Bonchev–Trinajstić information content (AvgIpc) is 2.58. The van der Waals surface area contributed by atoms with Gasteiger partial charge in [0.25, 0.3) is 0 Å². The molecule has 0 aromatic heterocycles. The van der Waals surface area contributed by atoms with Crippen molar-refractivity contribution in [1.29, 1.82) is 0 Å². The van der Waals surface area contributed by atoms with Crippen molar-refractivity contribution in [2.45, 2.75) is 67.3 Å². The van der Waals surface area contributed by atoms with E-state index in [-0.39, 0.29) is 0 Å². The minimum absolute atomic E-state index is 0.690. The lowest BCUT2D eigenvalue weighted by molar-refractivity contribution is -0.324. The van der Waals surface area contributed by atoms with E-state index < -0.39 is 73.9 Å². The van der Waals surface area contributed by atoms with Crippen molar-refractivity contribution in [3.05, 3.63) is 0 Å². The van der Waals surface area contributed by atoms with Crippen LogP contribution in [0.1, 0.15) is 0 Å². The molecule has 2 aliphatic heterocycles. The topological polar surface area (TPSA) is 190 Å². The van der Waals surface area contributed by atoms with Crippen LogP contribution < -0.4 is 0 Å². The van der Waals surface area contributed by atoms with E-state index >= 15 is 0 Å². The van der Waals surface area contributed by atoms with Crippen LogP contribution in [0.4, 0.5) is 0 Å². The maximum absolute atomic E-state index is 10.4. The molecule has 0 radical (unpaired) electrons. The number of hydrogen-bond acceptors (Lipinski definition) is 11. The van der Waals surface area contributed by atoms with Gasteiger partial charge in [0.15, 0.2) is 6.29 Å². The molecule has 1 unspecified atom stereocenters. The fraction of sp³-hybridized carbons (Fsp3) is 1.00. The zero-order chi connectivity index (χ0) is 18.2. The van der Waals surface area contributed by atoms with E-state index in [9.17, 15) is 35.7 Å². The first-order chi connectivity index (χ1) is 11.2. The Morgan fingerprint density at radius 2 is 1.29 bits per heavy atom. The minimum atomic E-state index is -1.77. The van der Waals surface area contributed by atoms with Gasteiger partial charge in [0.1, 0.15) is 61.0 Å². The van der Waals surface area contributed by atoms with Gasteiger partial charge in [0.05, 0.1) is 6.61 Å². The summed E-state index contributed by atoms with van der Waals surface area (Å²) in [5.41, 5.74) is 0. The van der Waals surface area contributed by atoms with Crippen LogP contribution in [0, 0.1) is 0 Å². The molecule has 11 heteroatoms. The number of aliphatic hydroxyl groups excluding tert-OH is 8. The molecule has 0 spiro atoms. The summed E-state index contributed by atoms with van der Waals surface area (Å²) in [6.07, 6.45) is -17.5. The third-order valence-electron chi connectivity index (χ3n) is 4.44. The monoisotopic (exact) mass is 356 g/mol. The lowest BCUT2D eigenvalue weighted by atomic mass is 9.87. The summed E-state index contributed by atoms with van der Waals surface area (Å²) in [5, 5.41) is 78.5. The molecule has 24 heavy (non-hydrogen) atoms. The number of rotatable bonds is 4. The molecule has 0 saturated carbocycles. The van der Waals surface area contributed by atoms with E-state index in [2.05, 4.69) is 0 Å². The SMILES string of the molecule is CO[C@@H]1O[C@H](C(O)[C@H]2O[C@H](CO)[C@@H](O)[C@H](O)[C@H]2O)[C@@H](O)[C@H](O)[C@H]1O. The molecule has 11 atom stereocenters. The highest BCUT2D eigenvalue weighted by Crippen LogP contribution is 2.30. The predicted octanol–water partition coefficient (Wildman–Crippen LogP) is -5.36. The van der Waals surface area contributed by atoms with Crippen molar-refractivity contribution < 1.29 is 55.1 Å². The zero-order valence-corrected chi connectivity index (χ0v) is 12.9. The Hall–Kier alpha value is -0.440. The van der Waals surface area contributed by atoms with E-state index in [1.807, 2.05) is 0 Å². The first-order valence-corrected chi connectivity index (χ1v) is 7.45. The maximum atomic E-state index is 10.4. The Bertz CT molecular complexity index is 369. The summed E-state index contributed by atoms with van der Waals surface area (Å²) < 4.78 is 15.2. The van der Waals surface area contributed by atoms with Crippen LogP contribution in [-0.4, -0.2) is 122 Å². The summed E-state index contributed by atoms with van der Waals surface area (Å²) in [5.74, 6) is 0. The highest BCUT2D eigenvalue weighted by Gasteiger charge is 2.53. The molecule has 0 aliphatic carbocycles. The summed E-state index contributed by atoms with van der Waals surface area (Å²) >= 11 is 0. The van der Waals surface area contributed by atoms with Gasteiger partial charge in [0, 0.05) is 7.11 Å². The van der Waals surface area contributed by atoms with Gasteiger partial charge >= 0.3 is 0 Å². The first kappa shape index (κ1) is 19.9. The highest BCUT2D eigenvalue weighted by molar-refractivity contribution is 5.00. The van der Waals surface area contributed by atoms with Gasteiger partial charge in [-0.05, 0) is 0 Å². The Morgan fingerprint density at radius 1 is 0.792 bits per heavy atom. The molecule has 0 amide bonds. The molecule has 0 aromatic rings. The van der Waals surface area contributed by atoms with Crippen LogP contribution in [0.15, 0.2) is 0 Å². The van der Waals surface area contributed by atoms with Crippen LogP contribution in [0.2, 0.25) is 0 Å². The van der Waals surface area contributed by atoms with Gasteiger partial charge < -0.3 is 55.1 Å². The van der Waals surface area contributed by atoms with Gasteiger partial charge in [0.2, 0.25) is 0 Å². The van der Waals surface area contributed by atoms with Gasteiger partial charge in [-0.2, -0.15) is 0 Å². The quantitative estimate of drug-likeness (QED) is 0.240. The van der Waals surface area contributed by atoms with Crippen LogP contribution in [0.5, 0.6) is 0 Å². The summed E-state index contributed by atoms with van der Waals surface area (Å²) in [7, 11) is 1.18. The molecule has 2 heterocycles. The largest absolute Gasteiger partial charge is 0.394 e. The van der Waals surface area contributed by atoms with Crippen molar-refractivity contribution in [2.75, 3.05) is 13.7 Å². The van der Waals surface area contributed by atoms with E-state index in [4.69, 9.17) is 19.3 Å². The Morgan fingerprint density at radius 3 is 1.79 bits per heavy atom. The molecular formula is C13H24O11. The van der Waals surface area contributed by atoms with Gasteiger partial charge in [-0.25, -0.2) is 0 Å². The maximum Gasteiger partial charge on any atom is 0.186 e. The fourth-order valence-corrected chi connectivity index (χ4v) is 2.95. The smallest absolute Gasteiger partial charge is 0.186 e. The van der Waals surface area contributed by atoms with Crippen molar-refractivity contribution in [3.63, 3.8) is 0 Å². The molecule has 8 N–H and O–H groups in total. The first-order valence-electron chi connectivity index (χ1n) is 7.45. The van der Waals surface area contributed by atoms with Crippen molar-refractivity contribution in [2.24, 2.45) is 0 Å². The molecular weight excluding hydrogens is 332 g/mol. The standard InChI is InChI=1S/C13H24O11/c1-22-13-9(20)6(17)8(19)12(24-13)10(21)11-7(18)5(16)4(15)3(2-14)23-11/h3-21H,2H2,1H3/t3-,4-,5+,6+,7-,8+,9-,10?,11+,12+,13-/m1/s1. The Labute approximate surface area is 137 Å². The van der Waals surface area contributed by atoms with Gasteiger partial charge in [-0.1, -0.05) is 0 Å². The van der Waals surface area contributed by atoms with Crippen LogP contribution in [0.25, 0.3) is 0 Å². The van der Waals surface area contributed by atoms with Gasteiger partial charge in [-0.15, -0.1) is 0 Å². The molecule has 0 aromatic carbocycles. The number of hydrogen-bond donors (Lipinski definition) is 8. The van der Waals surface area contributed by atoms with Gasteiger partial charge in [-0.3, -0.25) is 0 Å². The highest BCUT2D eigenvalue weighted by atomic mass is 16.7. The molecule has 0 bridgehead atoms. The summed E-state index contributed by atoms with van der Waals surface area (Å²) in [6.45, 7) is -0.690. The molecule has 2 rings (SSSR count). The second kappa shape index (κ2) is 7.85. The predicted molar refractivity (Wildman–Crippen MR) is 73.5 cm³/mol. The lowest BCUT2D eigenvalue weighted by Gasteiger charge is -2.46. The molecule has 2 saturated heterocycles. The average molecular weight is 356 g/mol. The molecule has 2 aliphatic rings. The van der Waals surface area contributed by atoms with E-state index in [0.29, 0.717) is 0 Å². The third-order valence-corrected chi connectivity index (χ3v) is 4.44. The number of methoxy groups -OCH3 is 1. The van der Waals surface area contributed by atoms with Crippen molar-refractivity contribution in [3.8, 4) is 0 Å². The Balaban J connectivity index is 2.18. The molecule has 142 valence electrons. The van der Waals surface area contributed by atoms with Crippen molar-refractivity contribution >= 4 is 0 Å². The Kier molecular flexibility index (Phi) is 6.50. The molecule has 2 fully saturated rings.